The SMILES string of the molecule is CCC1CCCC[Si]1(CC)CC.ClCCl. The predicted octanol–water partition coefficient (Wildman–Crippen LogP) is 5.86. The van der Waals surface area contributed by atoms with Crippen molar-refractivity contribution in [2.45, 2.75) is 70.1 Å². The minimum Gasteiger partial charge on any atom is -0.109 e. The zero-order valence-corrected chi connectivity index (χ0v) is 13.0. The van der Waals surface area contributed by atoms with Crippen LogP contribution in [0.5, 0.6) is 0 Å². The second-order valence-electron chi connectivity index (χ2n) is 4.52. The Morgan fingerprint density at radius 2 is 1.60 bits per heavy atom. The highest BCUT2D eigenvalue weighted by atomic mass is 35.5. The predicted molar refractivity (Wildman–Crippen MR) is 76.0 cm³/mol. The van der Waals surface area contributed by atoms with Gasteiger partial charge in [0.2, 0.25) is 0 Å². The van der Waals surface area contributed by atoms with Crippen LogP contribution >= 0.6 is 23.2 Å². The third kappa shape index (κ3) is 4.66. The fraction of sp³-hybridized carbons (Fsp3) is 1.00. The normalized spacial score (nSPS) is 24.2. The number of hydrogen-bond donors (Lipinski definition) is 0. The minimum absolute atomic E-state index is 0.194. The Balaban J connectivity index is 0.000000583. The standard InChI is InChI=1S/C11H24Si.CH2Cl2/c1-4-11-9-7-8-10-12(11,5-2)6-3;2-1-3/h11H,4-10H2,1-3H3;1H2. The molecule has 0 saturated carbocycles. The molecule has 3 heteroatoms. The number of hydrogen-bond acceptors (Lipinski definition) is 0. The molecule has 92 valence electrons. The summed E-state index contributed by atoms with van der Waals surface area (Å²) in [4.78, 5) is 0. The molecular formula is C12H26Cl2Si. The first-order valence-electron chi connectivity index (χ1n) is 6.32. The molecule has 1 aliphatic heterocycles. The quantitative estimate of drug-likeness (QED) is 0.444. The molecule has 1 saturated heterocycles. The lowest BCUT2D eigenvalue weighted by atomic mass is 10.1. The van der Waals surface area contributed by atoms with E-state index in [1.54, 1.807) is 31.0 Å². The Bertz CT molecular complexity index is 147. The lowest BCUT2D eigenvalue weighted by molar-refractivity contribution is 0.584. The van der Waals surface area contributed by atoms with Crippen LogP contribution in [0, 0.1) is 0 Å². The molecule has 1 fully saturated rings. The monoisotopic (exact) mass is 268 g/mol. The van der Waals surface area contributed by atoms with E-state index in [2.05, 4.69) is 20.8 Å². The van der Waals surface area contributed by atoms with Gasteiger partial charge in [0.25, 0.3) is 0 Å². The summed E-state index contributed by atoms with van der Waals surface area (Å²) < 4.78 is 0. The molecule has 0 aliphatic carbocycles. The van der Waals surface area contributed by atoms with Gasteiger partial charge in [0.05, 0.1) is 13.4 Å². The van der Waals surface area contributed by atoms with E-state index >= 15 is 0 Å². The van der Waals surface area contributed by atoms with Crippen molar-refractivity contribution in [3.05, 3.63) is 0 Å². The van der Waals surface area contributed by atoms with Gasteiger partial charge in [-0.25, -0.2) is 0 Å². The lowest BCUT2D eigenvalue weighted by Gasteiger charge is -2.41. The maximum atomic E-state index is 4.76. The molecule has 1 unspecified atom stereocenters. The van der Waals surface area contributed by atoms with E-state index in [4.69, 9.17) is 23.2 Å². The number of rotatable bonds is 3. The zero-order chi connectivity index (χ0) is 11.7. The summed E-state index contributed by atoms with van der Waals surface area (Å²) in [6.45, 7) is 7.30. The minimum atomic E-state index is -0.760. The highest BCUT2D eigenvalue weighted by Crippen LogP contribution is 2.44. The Morgan fingerprint density at radius 1 is 1.07 bits per heavy atom. The smallest absolute Gasteiger partial charge is 0.0967 e. The summed E-state index contributed by atoms with van der Waals surface area (Å²) in [7, 11) is -0.760. The Morgan fingerprint density at radius 3 is 1.93 bits per heavy atom. The van der Waals surface area contributed by atoms with Crippen molar-refractivity contribution in [3.8, 4) is 0 Å². The molecule has 0 aromatic rings. The van der Waals surface area contributed by atoms with E-state index in [0.29, 0.717) is 0 Å². The van der Waals surface area contributed by atoms with Crippen molar-refractivity contribution in [1.29, 1.82) is 0 Å². The average molecular weight is 269 g/mol. The first-order chi connectivity index (χ1) is 7.20. The van der Waals surface area contributed by atoms with Crippen LogP contribution < -0.4 is 0 Å². The summed E-state index contributed by atoms with van der Waals surface area (Å²) in [5, 5.41) is 0.194. The second-order valence-corrected chi connectivity index (χ2v) is 10.8. The number of halogens is 2. The van der Waals surface area contributed by atoms with Gasteiger partial charge < -0.3 is 0 Å². The van der Waals surface area contributed by atoms with Crippen LogP contribution in [0.25, 0.3) is 0 Å². The first kappa shape index (κ1) is 15.8. The van der Waals surface area contributed by atoms with E-state index in [1.165, 1.54) is 18.4 Å². The molecule has 0 N–H and O–H groups in total. The zero-order valence-electron chi connectivity index (χ0n) is 10.5. The average Bonchev–Trinajstić information content (AvgIpc) is 2.29. The van der Waals surface area contributed by atoms with Gasteiger partial charge in [0, 0.05) is 0 Å². The van der Waals surface area contributed by atoms with Gasteiger partial charge >= 0.3 is 0 Å². The van der Waals surface area contributed by atoms with Gasteiger partial charge in [-0.2, -0.15) is 0 Å². The van der Waals surface area contributed by atoms with Crippen molar-refractivity contribution in [2.75, 3.05) is 5.34 Å². The Kier molecular flexibility index (Phi) is 9.37. The number of alkyl halides is 2. The van der Waals surface area contributed by atoms with Crippen LogP contribution in [0.3, 0.4) is 0 Å². The van der Waals surface area contributed by atoms with Gasteiger partial charge in [0.1, 0.15) is 0 Å². The second kappa shape index (κ2) is 8.89. The summed E-state index contributed by atoms with van der Waals surface area (Å²) in [5.74, 6) is 0. The van der Waals surface area contributed by atoms with Gasteiger partial charge in [-0.3, -0.25) is 0 Å². The van der Waals surface area contributed by atoms with Gasteiger partial charge in [0.15, 0.2) is 0 Å². The molecule has 0 spiro atoms. The highest BCUT2D eigenvalue weighted by Gasteiger charge is 2.38. The Hall–Kier alpha value is 0.797. The van der Waals surface area contributed by atoms with E-state index in [9.17, 15) is 0 Å². The van der Waals surface area contributed by atoms with Gasteiger partial charge in [-0.15, -0.1) is 23.2 Å². The van der Waals surface area contributed by atoms with Crippen molar-refractivity contribution in [3.63, 3.8) is 0 Å². The molecule has 0 amide bonds. The molecule has 0 nitrogen and oxygen atoms in total. The molecule has 0 aromatic carbocycles. The summed E-state index contributed by atoms with van der Waals surface area (Å²) in [6.07, 6.45) is 6.09. The third-order valence-corrected chi connectivity index (χ3v) is 10.8. The molecule has 1 atom stereocenters. The van der Waals surface area contributed by atoms with Crippen molar-refractivity contribution in [2.24, 2.45) is 0 Å². The lowest BCUT2D eigenvalue weighted by Crippen LogP contribution is -2.40. The molecule has 0 aromatic heterocycles. The molecule has 1 rings (SSSR count). The molecule has 0 radical (unpaired) electrons. The van der Waals surface area contributed by atoms with Crippen LogP contribution in [-0.4, -0.2) is 13.4 Å². The van der Waals surface area contributed by atoms with Crippen molar-refractivity contribution >= 4 is 31.3 Å². The van der Waals surface area contributed by atoms with Gasteiger partial charge in [-0.05, 0) is 5.54 Å². The van der Waals surface area contributed by atoms with Crippen LogP contribution in [0.2, 0.25) is 23.7 Å². The maximum Gasteiger partial charge on any atom is 0.0967 e. The van der Waals surface area contributed by atoms with E-state index in [1.807, 2.05) is 0 Å². The van der Waals surface area contributed by atoms with Gasteiger partial charge in [-0.1, -0.05) is 64.6 Å². The topological polar surface area (TPSA) is 0 Å². The summed E-state index contributed by atoms with van der Waals surface area (Å²) in [5.41, 5.74) is 1.17. The largest absolute Gasteiger partial charge is 0.109 e. The third-order valence-electron chi connectivity index (χ3n) is 4.24. The summed E-state index contributed by atoms with van der Waals surface area (Å²) >= 11 is 9.53. The van der Waals surface area contributed by atoms with Crippen LogP contribution in [0.1, 0.15) is 46.5 Å². The molecular weight excluding hydrogens is 243 g/mol. The molecule has 1 heterocycles. The van der Waals surface area contributed by atoms with Crippen LogP contribution in [0.4, 0.5) is 0 Å². The fourth-order valence-electron chi connectivity index (χ4n) is 3.20. The van der Waals surface area contributed by atoms with E-state index < -0.39 is 8.07 Å². The maximum absolute atomic E-state index is 4.76. The molecule has 0 bridgehead atoms. The highest BCUT2D eigenvalue weighted by molar-refractivity contribution is 6.81. The fourth-order valence-corrected chi connectivity index (χ4v) is 8.60. The van der Waals surface area contributed by atoms with Crippen LogP contribution in [-0.2, 0) is 0 Å². The van der Waals surface area contributed by atoms with E-state index in [0.717, 1.165) is 0 Å². The molecule has 1 aliphatic rings. The molecule has 15 heavy (non-hydrogen) atoms. The van der Waals surface area contributed by atoms with Crippen molar-refractivity contribution in [1.82, 2.24) is 0 Å². The summed E-state index contributed by atoms with van der Waals surface area (Å²) in [6, 6.07) is 4.72. The van der Waals surface area contributed by atoms with E-state index in [-0.39, 0.29) is 5.34 Å². The van der Waals surface area contributed by atoms with Crippen LogP contribution in [0.15, 0.2) is 0 Å². The first-order valence-corrected chi connectivity index (χ1v) is 10.1. The Labute approximate surface area is 107 Å². The van der Waals surface area contributed by atoms with Crippen molar-refractivity contribution < 1.29 is 0 Å².